The largest absolute Gasteiger partial charge is 0.378 e. The molecule has 1 aliphatic heterocycles. The molecule has 1 heterocycles. The minimum absolute atomic E-state index is 0.537. The monoisotopic (exact) mass is 352 g/mol. The van der Waals surface area contributed by atoms with E-state index in [2.05, 4.69) is 44.5 Å². The molecule has 0 aromatic heterocycles. The molecule has 0 N–H and O–H groups in total. The van der Waals surface area contributed by atoms with Crippen LogP contribution in [0.2, 0.25) is 0 Å². The predicted octanol–water partition coefficient (Wildman–Crippen LogP) is 4.66. The van der Waals surface area contributed by atoms with Crippen molar-refractivity contribution in [3.8, 4) is 0 Å². The van der Waals surface area contributed by atoms with Crippen LogP contribution in [0.4, 0.5) is 0 Å². The number of rotatable bonds is 11. The standard InChI is InChI=1S/C22H44N2O/c1-6-18(3)16-23(5)21-14-22(15-21)25-13-10-20-8-11-24(12-9-20)17-19(4)7-2/h18-22H,6-17H2,1-5H3. The van der Waals surface area contributed by atoms with Gasteiger partial charge in [0.25, 0.3) is 0 Å². The fourth-order valence-corrected chi connectivity index (χ4v) is 4.23. The first-order valence-corrected chi connectivity index (χ1v) is 11.1. The predicted molar refractivity (Wildman–Crippen MR) is 108 cm³/mol. The third-order valence-corrected chi connectivity index (χ3v) is 6.84. The van der Waals surface area contributed by atoms with Gasteiger partial charge in [0.05, 0.1) is 6.10 Å². The highest BCUT2D eigenvalue weighted by atomic mass is 16.5. The van der Waals surface area contributed by atoms with Crippen LogP contribution in [0.1, 0.15) is 72.6 Å². The lowest BCUT2D eigenvalue weighted by Crippen LogP contribution is -2.47. The summed E-state index contributed by atoms with van der Waals surface area (Å²) in [5.74, 6) is 2.57. The minimum Gasteiger partial charge on any atom is -0.378 e. The molecule has 0 radical (unpaired) electrons. The maximum absolute atomic E-state index is 6.16. The van der Waals surface area contributed by atoms with Crippen molar-refractivity contribution in [2.24, 2.45) is 17.8 Å². The molecule has 1 aliphatic carbocycles. The van der Waals surface area contributed by atoms with Crippen molar-refractivity contribution in [3.05, 3.63) is 0 Å². The van der Waals surface area contributed by atoms with Crippen LogP contribution in [-0.4, -0.2) is 61.8 Å². The van der Waals surface area contributed by atoms with Gasteiger partial charge in [-0.1, -0.05) is 40.5 Å². The maximum Gasteiger partial charge on any atom is 0.0605 e. The lowest BCUT2D eigenvalue weighted by Gasteiger charge is -2.42. The SMILES string of the molecule is CCC(C)CN1CCC(CCOC2CC(N(C)CC(C)CC)C2)CC1. The van der Waals surface area contributed by atoms with Gasteiger partial charge in [0.1, 0.15) is 0 Å². The molecule has 0 aromatic carbocycles. The number of ether oxygens (including phenoxy) is 1. The van der Waals surface area contributed by atoms with Gasteiger partial charge >= 0.3 is 0 Å². The molecule has 25 heavy (non-hydrogen) atoms. The molecule has 148 valence electrons. The third-order valence-electron chi connectivity index (χ3n) is 6.84. The molecule has 1 saturated carbocycles. The van der Waals surface area contributed by atoms with E-state index < -0.39 is 0 Å². The van der Waals surface area contributed by atoms with E-state index in [0.29, 0.717) is 6.10 Å². The van der Waals surface area contributed by atoms with E-state index in [1.54, 1.807) is 0 Å². The van der Waals surface area contributed by atoms with Gasteiger partial charge in [0, 0.05) is 25.7 Å². The quantitative estimate of drug-likeness (QED) is 0.538. The molecule has 2 atom stereocenters. The van der Waals surface area contributed by atoms with E-state index in [1.807, 2.05) is 0 Å². The van der Waals surface area contributed by atoms with Gasteiger partial charge in [-0.05, 0) is 70.0 Å². The Balaban J connectivity index is 1.49. The zero-order chi connectivity index (χ0) is 18.2. The van der Waals surface area contributed by atoms with Gasteiger partial charge in [-0.25, -0.2) is 0 Å². The molecule has 2 unspecified atom stereocenters. The van der Waals surface area contributed by atoms with Gasteiger partial charge in [0.2, 0.25) is 0 Å². The van der Waals surface area contributed by atoms with Crippen molar-refractivity contribution >= 4 is 0 Å². The summed E-state index contributed by atoms with van der Waals surface area (Å²) in [6, 6.07) is 0.766. The summed E-state index contributed by atoms with van der Waals surface area (Å²) in [6.45, 7) is 15.5. The van der Waals surface area contributed by atoms with Crippen molar-refractivity contribution in [1.82, 2.24) is 9.80 Å². The number of hydrogen-bond donors (Lipinski definition) is 0. The summed E-state index contributed by atoms with van der Waals surface area (Å²) in [6.07, 6.45) is 9.67. The van der Waals surface area contributed by atoms with Crippen molar-refractivity contribution in [1.29, 1.82) is 0 Å². The van der Waals surface area contributed by atoms with Gasteiger partial charge in [-0.3, -0.25) is 0 Å². The molecule has 1 saturated heterocycles. The Bertz CT molecular complexity index is 348. The lowest BCUT2D eigenvalue weighted by atomic mass is 9.87. The summed E-state index contributed by atoms with van der Waals surface area (Å²) in [7, 11) is 2.29. The van der Waals surface area contributed by atoms with Crippen LogP contribution in [-0.2, 0) is 4.74 Å². The molecule has 2 rings (SSSR count). The second kappa shape index (κ2) is 10.9. The molecule has 3 nitrogen and oxygen atoms in total. The molecule has 2 fully saturated rings. The van der Waals surface area contributed by atoms with Crippen molar-refractivity contribution in [3.63, 3.8) is 0 Å². The van der Waals surface area contributed by atoms with Gasteiger partial charge in [-0.2, -0.15) is 0 Å². The van der Waals surface area contributed by atoms with Crippen LogP contribution in [0.15, 0.2) is 0 Å². The minimum atomic E-state index is 0.537. The summed E-state index contributed by atoms with van der Waals surface area (Å²) in [4.78, 5) is 5.23. The Morgan fingerprint density at radius 2 is 1.68 bits per heavy atom. The van der Waals surface area contributed by atoms with Crippen LogP contribution >= 0.6 is 0 Å². The summed E-state index contributed by atoms with van der Waals surface area (Å²) < 4.78 is 6.16. The van der Waals surface area contributed by atoms with Crippen molar-refractivity contribution < 1.29 is 4.74 Å². The molecule has 2 aliphatic rings. The van der Waals surface area contributed by atoms with Crippen LogP contribution in [0.5, 0.6) is 0 Å². The fourth-order valence-electron chi connectivity index (χ4n) is 4.23. The highest BCUT2D eigenvalue weighted by Crippen LogP contribution is 2.29. The van der Waals surface area contributed by atoms with Crippen LogP contribution in [0, 0.1) is 17.8 Å². The van der Waals surface area contributed by atoms with E-state index in [9.17, 15) is 0 Å². The molecule has 0 amide bonds. The van der Waals surface area contributed by atoms with E-state index in [1.165, 1.54) is 71.1 Å². The van der Waals surface area contributed by atoms with E-state index in [-0.39, 0.29) is 0 Å². The summed E-state index contributed by atoms with van der Waals surface area (Å²) >= 11 is 0. The molecule has 3 heteroatoms. The average molecular weight is 353 g/mol. The number of likely N-dealkylation sites (tertiary alicyclic amines) is 1. The van der Waals surface area contributed by atoms with Crippen molar-refractivity contribution in [2.45, 2.75) is 84.8 Å². The number of nitrogens with zero attached hydrogens (tertiary/aromatic N) is 2. The summed E-state index contributed by atoms with van der Waals surface area (Å²) in [5.41, 5.74) is 0. The van der Waals surface area contributed by atoms with E-state index in [4.69, 9.17) is 4.74 Å². The normalized spacial score (nSPS) is 28.1. The molecule has 0 aromatic rings. The zero-order valence-corrected chi connectivity index (χ0v) is 17.7. The number of hydrogen-bond acceptors (Lipinski definition) is 3. The Morgan fingerprint density at radius 1 is 1.04 bits per heavy atom. The Hall–Kier alpha value is -0.120. The van der Waals surface area contributed by atoms with E-state index in [0.717, 1.165) is 30.4 Å². The second-order valence-corrected chi connectivity index (χ2v) is 9.12. The highest BCUT2D eigenvalue weighted by Gasteiger charge is 2.33. The second-order valence-electron chi connectivity index (χ2n) is 9.12. The van der Waals surface area contributed by atoms with Crippen LogP contribution in [0.3, 0.4) is 0 Å². The molecular formula is C22H44N2O. The Kier molecular flexibility index (Phi) is 9.23. The smallest absolute Gasteiger partial charge is 0.0605 e. The first kappa shape index (κ1) is 21.2. The lowest BCUT2D eigenvalue weighted by molar-refractivity contribution is -0.0525. The first-order chi connectivity index (χ1) is 12.0. The van der Waals surface area contributed by atoms with E-state index >= 15 is 0 Å². The van der Waals surface area contributed by atoms with Gasteiger partial charge in [0.15, 0.2) is 0 Å². The van der Waals surface area contributed by atoms with Crippen LogP contribution in [0.25, 0.3) is 0 Å². The molecule has 0 spiro atoms. The topological polar surface area (TPSA) is 15.7 Å². The van der Waals surface area contributed by atoms with Crippen molar-refractivity contribution in [2.75, 3.05) is 39.8 Å². The Morgan fingerprint density at radius 3 is 2.28 bits per heavy atom. The highest BCUT2D eigenvalue weighted by molar-refractivity contribution is 4.87. The Labute approximate surface area is 157 Å². The van der Waals surface area contributed by atoms with Gasteiger partial charge < -0.3 is 14.5 Å². The third kappa shape index (κ3) is 7.19. The number of piperidine rings is 1. The first-order valence-electron chi connectivity index (χ1n) is 11.1. The summed E-state index contributed by atoms with van der Waals surface area (Å²) in [5, 5.41) is 0. The fraction of sp³-hybridized carbons (Fsp3) is 1.00. The molecular weight excluding hydrogens is 308 g/mol. The van der Waals surface area contributed by atoms with Gasteiger partial charge in [-0.15, -0.1) is 0 Å². The van der Waals surface area contributed by atoms with Crippen LogP contribution < -0.4 is 0 Å². The maximum atomic E-state index is 6.16. The zero-order valence-electron chi connectivity index (χ0n) is 17.7. The molecule has 0 bridgehead atoms. The average Bonchev–Trinajstić information content (AvgIpc) is 2.57.